The van der Waals surface area contributed by atoms with Crippen LogP contribution in [0.4, 0.5) is 4.39 Å². The molecule has 1 amide bonds. The van der Waals surface area contributed by atoms with Crippen LogP contribution in [0.5, 0.6) is 0 Å². The zero-order chi connectivity index (χ0) is 23.9. The van der Waals surface area contributed by atoms with E-state index in [1.807, 2.05) is 61.5 Å². The van der Waals surface area contributed by atoms with Gasteiger partial charge in [-0.25, -0.2) is 9.37 Å². The minimum Gasteiger partial charge on any atom is -0.344 e. The Hall–Kier alpha value is -3.06. The topological polar surface area (TPSA) is 45.2 Å². The smallest absolute Gasteiger partial charge is 0.271 e. The molecule has 1 heterocycles. The summed E-state index contributed by atoms with van der Waals surface area (Å²) < 4.78 is 13.4. The maximum absolute atomic E-state index is 13.4. The van der Waals surface area contributed by atoms with Crippen molar-refractivity contribution in [3.63, 3.8) is 0 Å². The Balaban J connectivity index is 1.45. The number of hydrogen-bond donors (Lipinski definition) is 1. The summed E-state index contributed by atoms with van der Waals surface area (Å²) >= 11 is 7.50. The summed E-state index contributed by atoms with van der Waals surface area (Å²) in [6, 6.07) is 24.0. The van der Waals surface area contributed by atoms with Gasteiger partial charge in [-0.1, -0.05) is 66.2 Å². The van der Waals surface area contributed by atoms with Gasteiger partial charge in [0.2, 0.25) is 0 Å². The number of carbonyl (C=O) groups excluding carboxylic acids is 1. The number of amides is 1. The Morgan fingerprint density at radius 1 is 0.971 bits per heavy atom. The summed E-state index contributed by atoms with van der Waals surface area (Å²) in [6.07, 6.45) is 0. The maximum Gasteiger partial charge on any atom is 0.271 e. The average molecular weight is 494 g/mol. The molecule has 0 fully saturated rings. The van der Waals surface area contributed by atoms with Crippen LogP contribution in [0.2, 0.25) is 5.02 Å². The first-order valence-electron chi connectivity index (χ1n) is 11.0. The predicted octanol–water partition coefficient (Wildman–Crippen LogP) is 6.63. The van der Waals surface area contributed by atoms with Gasteiger partial charge in [0.05, 0.1) is 12.6 Å². The molecule has 174 valence electrons. The summed E-state index contributed by atoms with van der Waals surface area (Å²) in [5.74, 6) is -0.449. The van der Waals surface area contributed by atoms with Crippen molar-refractivity contribution in [3.05, 3.63) is 122 Å². The molecule has 0 aliphatic rings. The van der Waals surface area contributed by atoms with Gasteiger partial charge < -0.3 is 5.32 Å². The molecule has 0 unspecified atom stereocenters. The highest BCUT2D eigenvalue weighted by atomic mass is 35.5. The number of carbonyl (C=O) groups is 1. The zero-order valence-electron chi connectivity index (χ0n) is 18.7. The van der Waals surface area contributed by atoms with E-state index in [1.165, 1.54) is 23.5 Å². The number of nitrogens with one attached hydrogen (secondary N) is 1. The van der Waals surface area contributed by atoms with Crippen molar-refractivity contribution in [1.82, 2.24) is 15.2 Å². The molecular weight excluding hydrogens is 469 g/mol. The average Bonchev–Trinajstić information content (AvgIpc) is 3.31. The van der Waals surface area contributed by atoms with E-state index in [-0.39, 0.29) is 17.8 Å². The van der Waals surface area contributed by atoms with Gasteiger partial charge in [0.1, 0.15) is 16.5 Å². The Labute approximate surface area is 208 Å². The fourth-order valence-corrected chi connectivity index (χ4v) is 4.58. The Morgan fingerprint density at radius 2 is 1.59 bits per heavy atom. The number of hydrogen-bond acceptors (Lipinski definition) is 4. The number of thiazole rings is 1. The molecular formula is C27H25ClFN3OS. The largest absolute Gasteiger partial charge is 0.344 e. The van der Waals surface area contributed by atoms with Crippen molar-refractivity contribution in [2.24, 2.45) is 0 Å². The summed E-state index contributed by atoms with van der Waals surface area (Å²) in [6.45, 7) is 3.80. The van der Waals surface area contributed by atoms with Crippen LogP contribution in [0.25, 0.3) is 0 Å². The normalized spacial score (nSPS) is 12.0. The molecule has 3 aromatic carbocycles. The van der Waals surface area contributed by atoms with Crippen LogP contribution in [0.1, 0.15) is 45.2 Å². The quantitative estimate of drug-likeness (QED) is 0.284. The third kappa shape index (κ3) is 6.73. The molecule has 1 aromatic heterocycles. The van der Waals surface area contributed by atoms with Crippen LogP contribution in [-0.4, -0.2) is 15.8 Å². The van der Waals surface area contributed by atoms with Gasteiger partial charge in [0.25, 0.3) is 5.91 Å². The van der Waals surface area contributed by atoms with Crippen molar-refractivity contribution in [3.8, 4) is 0 Å². The lowest BCUT2D eigenvalue weighted by Gasteiger charge is -2.21. The van der Waals surface area contributed by atoms with Crippen LogP contribution in [-0.2, 0) is 19.6 Å². The molecule has 0 spiro atoms. The molecule has 0 saturated heterocycles. The van der Waals surface area contributed by atoms with Crippen LogP contribution >= 0.6 is 22.9 Å². The molecule has 1 atom stereocenters. The number of rotatable bonds is 9. The van der Waals surface area contributed by atoms with E-state index in [0.717, 1.165) is 21.7 Å². The number of benzene rings is 3. The van der Waals surface area contributed by atoms with E-state index in [9.17, 15) is 9.18 Å². The highest BCUT2D eigenvalue weighted by Crippen LogP contribution is 2.20. The summed E-state index contributed by atoms with van der Waals surface area (Å²) in [4.78, 5) is 19.5. The molecule has 0 bridgehead atoms. The first-order chi connectivity index (χ1) is 16.5. The molecule has 4 nitrogen and oxygen atoms in total. The van der Waals surface area contributed by atoms with Gasteiger partial charge >= 0.3 is 0 Å². The number of nitrogens with zero attached hydrogens (tertiary/aromatic N) is 2. The second-order valence-electron chi connectivity index (χ2n) is 8.13. The Morgan fingerprint density at radius 3 is 2.24 bits per heavy atom. The van der Waals surface area contributed by atoms with Gasteiger partial charge in [-0.05, 0) is 47.9 Å². The molecule has 1 N–H and O–H groups in total. The molecule has 0 radical (unpaired) electrons. The molecule has 34 heavy (non-hydrogen) atoms. The third-order valence-corrected chi connectivity index (χ3v) is 6.51. The fourth-order valence-electron chi connectivity index (χ4n) is 3.64. The molecule has 0 aliphatic heterocycles. The van der Waals surface area contributed by atoms with Crippen LogP contribution in [0.15, 0.2) is 84.2 Å². The highest BCUT2D eigenvalue weighted by Gasteiger charge is 2.17. The summed E-state index contributed by atoms with van der Waals surface area (Å²) in [7, 11) is 0. The first kappa shape index (κ1) is 24.1. The van der Waals surface area contributed by atoms with Crippen molar-refractivity contribution < 1.29 is 9.18 Å². The van der Waals surface area contributed by atoms with E-state index in [2.05, 4.69) is 15.2 Å². The first-order valence-corrected chi connectivity index (χ1v) is 12.2. The lowest BCUT2D eigenvalue weighted by molar-refractivity contribution is 0.0935. The van der Waals surface area contributed by atoms with Crippen LogP contribution in [0.3, 0.4) is 0 Å². The summed E-state index contributed by atoms with van der Waals surface area (Å²) in [5, 5.41) is 6.34. The molecule has 4 aromatic rings. The Kier molecular flexibility index (Phi) is 8.06. The van der Waals surface area contributed by atoms with Crippen molar-refractivity contribution in [2.45, 2.75) is 32.6 Å². The van der Waals surface area contributed by atoms with E-state index >= 15 is 0 Å². The van der Waals surface area contributed by atoms with Crippen molar-refractivity contribution in [1.29, 1.82) is 0 Å². The zero-order valence-corrected chi connectivity index (χ0v) is 20.3. The maximum atomic E-state index is 13.4. The number of halogens is 2. The second kappa shape index (κ2) is 11.4. The summed E-state index contributed by atoms with van der Waals surface area (Å²) in [5.41, 5.74) is 3.56. The van der Waals surface area contributed by atoms with Crippen LogP contribution < -0.4 is 5.32 Å². The van der Waals surface area contributed by atoms with E-state index in [4.69, 9.17) is 11.6 Å². The monoisotopic (exact) mass is 493 g/mol. The highest BCUT2D eigenvalue weighted by molar-refractivity contribution is 7.09. The van der Waals surface area contributed by atoms with E-state index < -0.39 is 0 Å². The molecule has 4 rings (SSSR count). The van der Waals surface area contributed by atoms with E-state index in [1.54, 1.807) is 17.5 Å². The third-order valence-electron chi connectivity index (χ3n) is 5.43. The van der Waals surface area contributed by atoms with E-state index in [0.29, 0.717) is 30.4 Å². The minimum absolute atomic E-state index is 0.112. The van der Waals surface area contributed by atoms with Crippen molar-refractivity contribution in [2.75, 3.05) is 0 Å². The lowest BCUT2D eigenvalue weighted by atomic mass is 10.1. The number of aromatic nitrogens is 1. The van der Waals surface area contributed by atoms with Crippen LogP contribution in [0, 0.1) is 5.82 Å². The molecule has 0 saturated carbocycles. The van der Waals surface area contributed by atoms with Gasteiger partial charge in [-0.2, -0.15) is 0 Å². The lowest BCUT2D eigenvalue weighted by Crippen LogP contribution is -2.27. The minimum atomic E-state index is -0.256. The molecule has 0 aliphatic carbocycles. The second-order valence-corrected chi connectivity index (χ2v) is 9.51. The standard InChI is InChI=1S/C27H25ClFN3OS/c1-19(22-5-3-2-4-6-22)30-27(33)25-18-34-26(31-25)17-32(15-20-7-11-23(28)12-8-20)16-21-9-13-24(29)14-10-21/h2-14,18-19H,15-17H2,1H3,(H,30,33)/t19-/m0/s1. The predicted molar refractivity (Wildman–Crippen MR) is 135 cm³/mol. The van der Waals surface area contributed by atoms with Gasteiger partial charge in [-0.15, -0.1) is 11.3 Å². The van der Waals surface area contributed by atoms with Gasteiger partial charge in [-0.3, -0.25) is 9.69 Å². The van der Waals surface area contributed by atoms with Gasteiger partial charge in [0, 0.05) is 23.5 Å². The Bertz CT molecular complexity index is 1170. The molecule has 7 heteroatoms. The van der Waals surface area contributed by atoms with Crippen molar-refractivity contribution >= 4 is 28.8 Å². The van der Waals surface area contributed by atoms with Gasteiger partial charge in [0.15, 0.2) is 0 Å². The SMILES string of the molecule is C[C@H](NC(=O)c1csc(CN(Cc2ccc(F)cc2)Cc2ccc(Cl)cc2)n1)c1ccccc1. The fraction of sp³-hybridized carbons (Fsp3) is 0.185.